The summed E-state index contributed by atoms with van der Waals surface area (Å²) in [6, 6.07) is -0.540. The summed E-state index contributed by atoms with van der Waals surface area (Å²) in [5, 5.41) is 71.9. The van der Waals surface area contributed by atoms with E-state index in [1.807, 2.05) is 13.8 Å². The fourth-order valence-electron chi connectivity index (χ4n) is 9.12. The molecule has 0 saturated carbocycles. The van der Waals surface area contributed by atoms with Crippen molar-refractivity contribution in [2.75, 3.05) is 85.1 Å². The van der Waals surface area contributed by atoms with Crippen molar-refractivity contribution in [1.29, 1.82) is 0 Å². The zero-order valence-corrected chi connectivity index (χ0v) is 46.9. The lowest BCUT2D eigenvalue weighted by Crippen LogP contribution is -2.60. The van der Waals surface area contributed by atoms with E-state index in [1.54, 1.807) is 26.0 Å². The van der Waals surface area contributed by atoms with Gasteiger partial charge in [0.05, 0.1) is 38.8 Å². The Labute approximate surface area is 471 Å². The van der Waals surface area contributed by atoms with Crippen LogP contribution in [0.15, 0.2) is 29.3 Å². The number of guanidine groups is 1. The third-order valence-electron chi connectivity index (χ3n) is 13.5. The molecule has 1 aromatic rings. The lowest BCUT2D eigenvalue weighted by Gasteiger charge is -2.32. The van der Waals surface area contributed by atoms with E-state index in [2.05, 4.69) is 31.6 Å². The maximum atomic E-state index is 14.7. The summed E-state index contributed by atoms with van der Waals surface area (Å²) in [5.74, 6) is -10.4. The van der Waals surface area contributed by atoms with Crippen LogP contribution in [0.4, 0.5) is 0 Å². The highest BCUT2D eigenvalue weighted by Gasteiger charge is 2.40. The fourth-order valence-corrected chi connectivity index (χ4v) is 9.12. The maximum Gasteiger partial charge on any atom is 0.326 e. The van der Waals surface area contributed by atoms with Gasteiger partial charge in [0.2, 0.25) is 29.5 Å². The zero-order chi connectivity index (χ0) is 60.8. The Balaban J connectivity index is 2.41. The molecular formula is C52H87N13O16. The number of aliphatic imine (C=N–C) groups is 1. The lowest BCUT2D eigenvalue weighted by atomic mass is 9.96. The van der Waals surface area contributed by atoms with Crippen molar-refractivity contribution in [2.45, 2.75) is 128 Å². The van der Waals surface area contributed by atoms with E-state index in [4.69, 9.17) is 17.2 Å². The molecule has 0 spiro atoms. The van der Waals surface area contributed by atoms with Crippen molar-refractivity contribution < 1.29 is 78.6 Å². The van der Waals surface area contributed by atoms with E-state index in [9.17, 15) is 78.6 Å². The van der Waals surface area contributed by atoms with Gasteiger partial charge < -0.3 is 79.3 Å². The van der Waals surface area contributed by atoms with Gasteiger partial charge in [-0.2, -0.15) is 0 Å². The van der Waals surface area contributed by atoms with Crippen LogP contribution in [0.25, 0.3) is 0 Å². The minimum Gasteiger partial charge on any atom is -0.508 e. The average Bonchev–Trinajstić information content (AvgIpc) is 3.87. The Hall–Kier alpha value is -7.21. The van der Waals surface area contributed by atoms with Gasteiger partial charge >= 0.3 is 29.8 Å². The summed E-state index contributed by atoms with van der Waals surface area (Å²) in [5.41, 5.74) is 17.5. The van der Waals surface area contributed by atoms with Crippen LogP contribution in [-0.4, -0.2) is 237 Å². The second-order valence-electron chi connectivity index (χ2n) is 20.8. The molecule has 0 unspecified atom stereocenters. The number of carboxylic acid groups (broad SMARTS) is 5. The molecule has 0 bridgehead atoms. The van der Waals surface area contributed by atoms with Crippen molar-refractivity contribution in [3.05, 3.63) is 29.8 Å². The standard InChI is InChI=1S/C52H87N13O16/c1-5-33(4)46(49(78)60-39(51(80)81)24-32(2)3)61-47(76)38(25-34-13-15-36(66)16-14-34)59-48(77)40-12-9-19-65(40)50(79)37(11-8-18-56-52(54)55)57-26-35(10-6-7-17-53)58-41(67)27-63(29-43(70)71)22-20-62(28-42(68)69)21-23-64(30-44(72)73)31-45(74)75/h13-16,32-33,35,37-40,46,57,66H,5-12,17-31,53H2,1-4H3,(H,58,67)(H,59,77)(H,60,78)(H,61,76)(H,68,69)(H,70,71)(H,72,73)(H,74,75)(H,80,81)(H4,54,55,56)/t33-,35-,37-,38-,39-,40-,46-/m0/s1. The number of phenols is 1. The van der Waals surface area contributed by atoms with Crippen LogP contribution in [0.5, 0.6) is 5.75 Å². The number of benzene rings is 1. The van der Waals surface area contributed by atoms with Gasteiger partial charge in [0.15, 0.2) is 5.96 Å². The van der Waals surface area contributed by atoms with Crippen molar-refractivity contribution in [3.63, 3.8) is 0 Å². The fraction of sp³-hybridized carbons (Fsp3) is 0.673. The van der Waals surface area contributed by atoms with Crippen molar-refractivity contribution in [1.82, 2.24) is 46.2 Å². The molecule has 29 nitrogen and oxygen atoms in total. The molecule has 456 valence electrons. The summed E-state index contributed by atoms with van der Waals surface area (Å²) in [4.78, 5) is 139. The lowest BCUT2D eigenvalue weighted by molar-refractivity contribution is -0.143. The number of rotatable bonds is 42. The summed E-state index contributed by atoms with van der Waals surface area (Å²) in [6.45, 7) is 4.38. The molecule has 2 rings (SSSR count). The molecule has 1 aliphatic rings. The minimum absolute atomic E-state index is 0.00128. The van der Waals surface area contributed by atoms with E-state index in [-0.39, 0.29) is 89.1 Å². The van der Waals surface area contributed by atoms with Crippen molar-refractivity contribution in [2.24, 2.45) is 34.0 Å². The quantitative estimate of drug-likeness (QED) is 0.0182. The first kappa shape index (κ1) is 69.9. The second kappa shape index (κ2) is 36.9. The van der Waals surface area contributed by atoms with Crippen LogP contribution in [-0.2, 0) is 54.4 Å². The van der Waals surface area contributed by atoms with E-state index in [0.717, 1.165) is 4.90 Å². The third-order valence-corrected chi connectivity index (χ3v) is 13.5. The zero-order valence-electron chi connectivity index (χ0n) is 46.9. The van der Waals surface area contributed by atoms with Gasteiger partial charge in [-0.1, -0.05) is 52.7 Å². The number of unbranched alkanes of at least 4 members (excludes halogenated alkanes) is 1. The SMILES string of the molecule is CC[C@H](C)[C@H](NC(=O)[C@H](Cc1ccc(O)cc1)NC(=O)[C@@H]1CCCN1C(=O)[C@H](CCCN=C(N)N)NC[C@H](CCCCN)NC(=O)CN(CCN(CCN(CC(=O)O)CC(=O)O)CC(=O)O)CC(=O)O)C(=O)N[C@@H](CC(C)C)C(=O)O. The number of nitrogens with zero attached hydrogens (tertiary/aromatic N) is 5. The van der Waals surface area contributed by atoms with E-state index in [0.29, 0.717) is 50.6 Å². The number of nitrogens with two attached hydrogens (primary N) is 3. The van der Waals surface area contributed by atoms with E-state index < -0.39 is 134 Å². The van der Waals surface area contributed by atoms with E-state index >= 15 is 0 Å². The smallest absolute Gasteiger partial charge is 0.326 e. The Morgan fingerprint density at radius 1 is 0.691 bits per heavy atom. The van der Waals surface area contributed by atoms with Crippen LogP contribution in [0, 0.1) is 11.8 Å². The Kier molecular flexibility index (Phi) is 31.9. The van der Waals surface area contributed by atoms with Gasteiger partial charge in [0.25, 0.3) is 0 Å². The summed E-state index contributed by atoms with van der Waals surface area (Å²) >= 11 is 0. The normalized spacial score (nSPS) is 15.5. The molecule has 1 heterocycles. The number of hydrogen-bond acceptors (Lipinski definition) is 17. The molecular weight excluding hydrogens is 1060 g/mol. The molecule has 7 atom stereocenters. The molecule has 0 aliphatic carbocycles. The highest BCUT2D eigenvalue weighted by atomic mass is 16.4. The van der Waals surface area contributed by atoms with Gasteiger partial charge in [0, 0.05) is 58.3 Å². The van der Waals surface area contributed by atoms with Crippen molar-refractivity contribution >= 4 is 65.3 Å². The summed E-state index contributed by atoms with van der Waals surface area (Å²) < 4.78 is 0. The number of carbonyl (C=O) groups excluding carboxylic acids is 5. The molecule has 29 heteroatoms. The highest BCUT2D eigenvalue weighted by molar-refractivity contribution is 5.96. The Bertz CT molecular complexity index is 2240. The predicted molar refractivity (Wildman–Crippen MR) is 295 cm³/mol. The molecule has 0 radical (unpaired) electrons. The second-order valence-corrected chi connectivity index (χ2v) is 20.8. The number of carboxylic acids is 5. The molecule has 17 N–H and O–H groups in total. The van der Waals surface area contributed by atoms with Crippen molar-refractivity contribution in [3.8, 4) is 5.75 Å². The molecule has 1 aromatic carbocycles. The molecule has 5 amide bonds. The number of amides is 5. The maximum absolute atomic E-state index is 14.7. The van der Waals surface area contributed by atoms with Crippen LogP contribution >= 0.6 is 0 Å². The Morgan fingerprint density at radius 2 is 1.26 bits per heavy atom. The number of likely N-dealkylation sites (tertiary alicyclic amines) is 1. The van der Waals surface area contributed by atoms with Crippen LogP contribution in [0.2, 0.25) is 0 Å². The first-order valence-electron chi connectivity index (χ1n) is 27.3. The van der Waals surface area contributed by atoms with Gasteiger partial charge in [-0.15, -0.1) is 0 Å². The summed E-state index contributed by atoms with van der Waals surface area (Å²) in [6.07, 6.45) is 2.97. The number of phenolic OH excluding ortho intramolecular Hbond substituents is 1. The topological polar surface area (TPSA) is 456 Å². The number of carbonyl (C=O) groups is 10. The van der Waals surface area contributed by atoms with Crippen LogP contribution in [0.3, 0.4) is 0 Å². The summed E-state index contributed by atoms with van der Waals surface area (Å²) in [7, 11) is 0. The molecule has 81 heavy (non-hydrogen) atoms. The number of aliphatic carboxylic acids is 5. The highest BCUT2D eigenvalue weighted by Crippen LogP contribution is 2.22. The van der Waals surface area contributed by atoms with Crippen LogP contribution < -0.4 is 43.8 Å². The van der Waals surface area contributed by atoms with Crippen LogP contribution in [0.1, 0.15) is 91.0 Å². The van der Waals surface area contributed by atoms with Gasteiger partial charge in [0.1, 0.15) is 29.9 Å². The van der Waals surface area contributed by atoms with Gasteiger partial charge in [-0.05, 0) is 81.0 Å². The largest absolute Gasteiger partial charge is 0.508 e. The number of aromatic hydroxyl groups is 1. The average molecular weight is 1150 g/mol. The first-order valence-corrected chi connectivity index (χ1v) is 27.3. The number of hydrogen-bond donors (Lipinski definition) is 14. The third kappa shape index (κ3) is 28.2. The monoisotopic (exact) mass is 1150 g/mol. The van der Waals surface area contributed by atoms with Gasteiger partial charge in [-0.25, -0.2) is 4.79 Å². The molecule has 1 aliphatic heterocycles. The molecule has 1 saturated heterocycles. The Morgan fingerprint density at radius 3 is 1.79 bits per heavy atom. The van der Waals surface area contributed by atoms with E-state index in [1.165, 1.54) is 26.8 Å². The molecule has 1 fully saturated rings. The predicted octanol–water partition coefficient (Wildman–Crippen LogP) is -2.57. The number of nitrogens with one attached hydrogen (secondary N) is 5. The minimum atomic E-state index is -1.32. The van der Waals surface area contributed by atoms with Gasteiger partial charge in [-0.3, -0.25) is 62.8 Å². The first-order chi connectivity index (χ1) is 38.2. The molecule has 0 aromatic heterocycles.